The van der Waals surface area contributed by atoms with Crippen molar-refractivity contribution < 1.29 is 9.47 Å². The molecule has 21 heavy (non-hydrogen) atoms. The molecule has 0 aliphatic rings. The fourth-order valence-electron chi connectivity index (χ4n) is 2.15. The van der Waals surface area contributed by atoms with Crippen LogP contribution in [0.4, 0.5) is 0 Å². The minimum Gasteiger partial charge on any atom is -0.496 e. The van der Waals surface area contributed by atoms with E-state index in [4.69, 9.17) is 26.8 Å². The van der Waals surface area contributed by atoms with Crippen molar-refractivity contribution in [2.75, 3.05) is 7.11 Å². The van der Waals surface area contributed by atoms with Crippen molar-refractivity contribution in [1.29, 1.82) is 0 Å². The van der Waals surface area contributed by atoms with Crippen LogP contribution in [0, 0.1) is 0 Å². The van der Waals surface area contributed by atoms with Crippen LogP contribution in [0.25, 0.3) is 0 Å². The molecule has 0 aromatic heterocycles. The predicted molar refractivity (Wildman–Crippen MR) is 86.2 cm³/mol. The Morgan fingerprint density at radius 2 is 1.71 bits per heavy atom. The summed E-state index contributed by atoms with van der Waals surface area (Å²) in [4.78, 5) is 0. The van der Waals surface area contributed by atoms with Gasteiger partial charge in [0.15, 0.2) is 0 Å². The van der Waals surface area contributed by atoms with Crippen LogP contribution in [0.3, 0.4) is 0 Å². The molecule has 0 amide bonds. The number of benzene rings is 2. The molecule has 2 N–H and O–H groups in total. The van der Waals surface area contributed by atoms with Gasteiger partial charge in [-0.15, -0.1) is 0 Å². The topological polar surface area (TPSA) is 44.5 Å². The molecule has 112 valence electrons. The summed E-state index contributed by atoms with van der Waals surface area (Å²) in [5, 5.41) is 0.640. The van der Waals surface area contributed by atoms with E-state index in [0.29, 0.717) is 5.02 Å². The zero-order valence-electron chi connectivity index (χ0n) is 12.5. The zero-order chi connectivity index (χ0) is 15.4. The molecule has 0 spiro atoms. The number of methoxy groups -OCH3 is 1. The lowest BCUT2D eigenvalue weighted by atomic mass is 9.98. The smallest absolute Gasteiger partial charge is 0.124 e. The molecule has 1 atom stereocenters. The van der Waals surface area contributed by atoms with Gasteiger partial charge < -0.3 is 15.2 Å². The first-order valence-electron chi connectivity index (χ1n) is 6.87. The van der Waals surface area contributed by atoms with E-state index in [2.05, 4.69) is 0 Å². The van der Waals surface area contributed by atoms with Crippen molar-refractivity contribution in [3.63, 3.8) is 0 Å². The van der Waals surface area contributed by atoms with Gasteiger partial charge in [-0.3, -0.25) is 0 Å². The van der Waals surface area contributed by atoms with Crippen LogP contribution in [0.15, 0.2) is 42.5 Å². The van der Waals surface area contributed by atoms with Crippen LogP contribution in [-0.4, -0.2) is 13.2 Å². The highest BCUT2D eigenvalue weighted by atomic mass is 35.5. The summed E-state index contributed by atoms with van der Waals surface area (Å²) in [7, 11) is 1.62. The van der Waals surface area contributed by atoms with Gasteiger partial charge in [0.1, 0.15) is 11.5 Å². The van der Waals surface area contributed by atoms with Crippen molar-refractivity contribution in [3.05, 3.63) is 58.6 Å². The van der Waals surface area contributed by atoms with Crippen molar-refractivity contribution in [1.82, 2.24) is 0 Å². The second kappa shape index (κ2) is 6.83. The van der Waals surface area contributed by atoms with E-state index in [1.807, 2.05) is 50.2 Å². The maximum atomic E-state index is 6.33. The Morgan fingerprint density at radius 3 is 2.29 bits per heavy atom. The molecule has 0 saturated heterocycles. The fourth-order valence-corrected chi connectivity index (χ4v) is 2.33. The predicted octanol–water partition coefficient (Wildman–Crippen LogP) is 4.18. The highest BCUT2D eigenvalue weighted by Gasteiger charge is 2.15. The third-order valence-electron chi connectivity index (χ3n) is 3.14. The van der Waals surface area contributed by atoms with Crippen molar-refractivity contribution in [3.8, 4) is 11.5 Å². The van der Waals surface area contributed by atoms with Crippen LogP contribution in [0.1, 0.15) is 31.0 Å². The number of halogens is 1. The molecule has 3 nitrogen and oxygen atoms in total. The first kappa shape index (κ1) is 15.7. The molecule has 2 aromatic carbocycles. The minimum absolute atomic E-state index is 0.151. The summed E-state index contributed by atoms with van der Waals surface area (Å²) in [5.41, 5.74) is 8.18. The van der Waals surface area contributed by atoms with Gasteiger partial charge in [-0.1, -0.05) is 23.7 Å². The molecule has 1 unspecified atom stereocenters. The van der Waals surface area contributed by atoms with Gasteiger partial charge in [-0.05, 0) is 49.7 Å². The number of hydrogen-bond donors (Lipinski definition) is 1. The lowest BCUT2D eigenvalue weighted by Gasteiger charge is -2.17. The van der Waals surface area contributed by atoms with Crippen molar-refractivity contribution >= 4 is 11.6 Å². The van der Waals surface area contributed by atoms with Gasteiger partial charge in [-0.2, -0.15) is 0 Å². The molecule has 0 saturated carbocycles. The molecular weight excluding hydrogens is 286 g/mol. The lowest BCUT2D eigenvalue weighted by molar-refractivity contribution is 0.242. The quantitative estimate of drug-likeness (QED) is 0.901. The highest BCUT2D eigenvalue weighted by molar-refractivity contribution is 6.30. The third-order valence-corrected chi connectivity index (χ3v) is 3.37. The van der Waals surface area contributed by atoms with Gasteiger partial charge in [0.25, 0.3) is 0 Å². The van der Waals surface area contributed by atoms with E-state index in [-0.39, 0.29) is 12.1 Å². The van der Waals surface area contributed by atoms with Gasteiger partial charge in [0, 0.05) is 10.6 Å². The normalized spacial score (nSPS) is 12.3. The van der Waals surface area contributed by atoms with Crippen LogP contribution in [0.5, 0.6) is 11.5 Å². The van der Waals surface area contributed by atoms with E-state index in [1.165, 1.54) is 0 Å². The van der Waals surface area contributed by atoms with E-state index < -0.39 is 0 Å². The zero-order valence-corrected chi connectivity index (χ0v) is 13.2. The van der Waals surface area contributed by atoms with Crippen LogP contribution in [-0.2, 0) is 0 Å². The minimum atomic E-state index is -0.299. The Morgan fingerprint density at radius 1 is 1.05 bits per heavy atom. The molecule has 0 fully saturated rings. The number of hydrogen-bond acceptors (Lipinski definition) is 3. The van der Waals surface area contributed by atoms with E-state index in [9.17, 15) is 0 Å². The fraction of sp³-hybridized carbons (Fsp3) is 0.294. The highest BCUT2D eigenvalue weighted by Crippen LogP contribution is 2.31. The number of ether oxygens (including phenoxy) is 2. The summed E-state index contributed by atoms with van der Waals surface area (Å²) in [5.74, 6) is 1.56. The molecule has 0 aliphatic carbocycles. The summed E-state index contributed by atoms with van der Waals surface area (Å²) in [6.07, 6.45) is 0.151. The van der Waals surface area contributed by atoms with Gasteiger partial charge in [0.2, 0.25) is 0 Å². The number of rotatable bonds is 5. The Balaban J connectivity index is 2.27. The monoisotopic (exact) mass is 305 g/mol. The second-order valence-corrected chi connectivity index (χ2v) is 5.54. The molecular formula is C17H20ClNO2. The SMILES string of the molecule is COc1ccc(Cl)cc1C(N)c1ccc(OC(C)C)cc1. The molecule has 2 aromatic rings. The Labute approximate surface area is 130 Å². The average Bonchev–Trinajstić information content (AvgIpc) is 2.46. The molecule has 0 aliphatic heterocycles. The van der Waals surface area contributed by atoms with Crippen molar-refractivity contribution in [2.45, 2.75) is 26.0 Å². The summed E-state index contributed by atoms with van der Waals surface area (Å²) < 4.78 is 11.0. The Bertz CT molecular complexity index is 596. The second-order valence-electron chi connectivity index (χ2n) is 5.10. The maximum Gasteiger partial charge on any atom is 0.124 e. The molecule has 0 bridgehead atoms. The van der Waals surface area contributed by atoms with Gasteiger partial charge >= 0.3 is 0 Å². The molecule has 4 heteroatoms. The third kappa shape index (κ3) is 3.90. The van der Waals surface area contributed by atoms with Crippen molar-refractivity contribution in [2.24, 2.45) is 5.73 Å². The first-order valence-corrected chi connectivity index (χ1v) is 7.24. The summed E-state index contributed by atoms with van der Waals surface area (Å²) in [6.45, 7) is 3.99. The molecule has 0 heterocycles. The maximum absolute atomic E-state index is 6.33. The van der Waals surface area contributed by atoms with E-state index in [0.717, 1.165) is 22.6 Å². The number of nitrogens with two attached hydrogens (primary N) is 1. The van der Waals surface area contributed by atoms with Crippen LogP contribution >= 0.6 is 11.6 Å². The summed E-state index contributed by atoms with van der Waals surface area (Å²) >= 11 is 6.06. The van der Waals surface area contributed by atoms with Gasteiger partial charge in [0.05, 0.1) is 19.3 Å². The van der Waals surface area contributed by atoms with Crippen LogP contribution < -0.4 is 15.2 Å². The van der Waals surface area contributed by atoms with E-state index in [1.54, 1.807) is 13.2 Å². The Kier molecular flexibility index (Phi) is 5.10. The molecule has 0 radical (unpaired) electrons. The standard InChI is InChI=1S/C17H20ClNO2/c1-11(2)21-14-7-4-12(5-8-14)17(19)15-10-13(18)6-9-16(15)20-3/h4-11,17H,19H2,1-3H3. The van der Waals surface area contributed by atoms with Crippen LogP contribution in [0.2, 0.25) is 5.02 Å². The average molecular weight is 306 g/mol. The molecule has 2 rings (SSSR count). The van der Waals surface area contributed by atoms with Gasteiger partial charge in [-0.25, -0.2) is 0 Å². The summed E-state index contributed by atoms with van der Waals surface area (Å²) in [6, 6.07) is 12.9. The van der Waals surface area contributed by atoms with E-state index >= 15 is 0 Å². The largest absolute Gasteiger partial charge is 0.496 e. The lowest BCUT2D eigenvalue weighted by Crippen LogP contribution is -2.13. The first-order chi connectivity index (χ1) is 10.0. The Hall–Kier alpha value is -1.71.